The van der Waals surface area contributed by atoms with Crippen LogP contribution in [0.4, 0.5) is 37.7 Å². The van der Waals surface area contributed by atoms with Crippen LogP contribution in [0, 0.1) is 0 Å². The maximum absolute atomic E-state index is 14.8. The lowest BCUT2D eigenvalue weighted by atomic mass is 9.81. The summed E-state index contributed by atoms with van der Waals surface area (Å²) in [6, 6.07) is 10.2. The Labute approximate surface area is 499 Å². The van der Waals surface area contributed by atoms with Crippen molar-refractivity contribution in [3.63, 3.8) is 0 Å². The van der Waals surface area contributed by atoms with Crippen molar-refractivity contribution in [2.24, 2.45) is 0 Å². The molecule has 2 unspecified atom stereocenters. The summed E-state index contributed by atoms with van der Waals surface area (Å²) < 4.78 is 170. The number of alkyl halides is 6. The molecule has 2 aromatic carbocycles. The van der Waals surface area contributed by atoms with E-state index in [-0.39, 0.29) is 95.4 Å². The van der Waals surface area contributed by atoms with E-state index in [0.717, 1.165) is 60.4 Å². The number of allylic oxidation sites excluding steroid dienone is 6. The van der Waals surface area contributed by atoms with E-state index in [4.69, 9.17) is 18.1 Å². The molecule has 480 valence electrons. The van der Waals surface area contributed by atoms with Gasteiger partial charge in [0.25, 0.3) is 10.1 Å². The second-order valence-corrected chi connectivity index (χ2v) is 27.8. The Balaban J connectivity index is 1.68. The van der Waals surface area contributed by atoms with Gasteiger partial charge in [-0.25, -0.2) is 0 Å². The molecule has 4 rings (SSSR count). The van der Waals surface area contributed by atoms with Crippen LogP contribution in [0.5, 0.6) is 0 Å². The molecule has 2 amide bonds. The molecule has 0 aromatic heterocycles. The fourth-order valence-electron chi connectivity index (χ4n) is 9.69. The van der Waals surface area contributed by atoms with Gasteiger partial charge in [0.05, 0.1) is 48.2 Å². The number of carbonyl (C=O) groups excluding carboxylic acids is 2. The summed E-state index contributed by atoms with van der Waals surface area (Å²) in [6.07, 6.45) is 7.10. The zero-order valence-corrected chi connectivity index (χ0v) is 52.2. The molecule has 0 radical (unpaired) electrons. The number of hydrogen-bond acceptors (Lipinski definition) is 16. The quantitative estimate of drug-likeness (QED) is 0.00556. The molecule has 2 aromatic rings. The van der Waals surface area contributed by atoms with Gasteiger partial charge in [-0.1, -0.05) is 77.5 Å². The molecule has 4 N–H and O–H groups in total. The first kappa shape index (κ1) is 73.5. The number of benzene rings is 2. The minimum Gasteiger partial charge on any atom is -0.691 e. The Bertz CT molecular complexity index is 2830. The second-order valence-electron chi connectivity index (χ2n) is 21.4. The monoisotopic (exact) mass is 1290 g/mol. The molecular weight excluding hydrogens is 1210 g/mol. The molecule has 2 heterocycles. The number of aliphatic hydroxyl groups excluding tert-OH is 1. The molecule has 85 heavy (non-hydrogen) atoms. The Morgan fingerprint density at radius 3 is 1.74 bits per heavy atom. The zero-order valence-electron chi connectivity index (χ0n) is 48.8. The number of carbonyl (C=O) groups is 2. The summed E-state index contributed by atoms with van der Waals surface area (Å²) in [4.78, 5) is 24.5. The Kier molecular flexibility index (Phi) is 30.0. The van der Waals surface area contributed by atoms with E-state index in [0.29, 0.717) is 62.1 Å². The molecule has 0 bridgehead atoms. The molecule has 2 aliphatic heterocycles. The lowest BCUT2D eigenvalue weighted by Crippen LogP contribution is -2.37. The van der Waals surface area contributed by atoms with E-state index in [1.807, 2.05) is 61.5 Å². The van der Waals surface area contributed by atoms with Crippen LogP contribution in [-0.4, -0.2) is 123 Å². The molecule has 0 aliphatic carbocycles. The predicted molar refractivity (Wildman–Crippen MR) is 312 cm³/mol. The number of fused-ring (bicyclic) bond motifs is 2. The maximum Gasteiger partial charge on any atom is 0.471 e. The third-order valence-corrected chi connectivity index (χ3v) is 19.5. The number of anilines is 1. The summed E-state index contributed by atoms with van der Waals surface area (Å²) in [5, 5.41) is 27.4. The minimum atomic E-state index is -5.03. The molecule has 19 nitrogen and oxygen atoms in total. The topological polar surface area (TPSA) is 252 Å². The average molecular weight is 1290 g/mol. The molecule has 0 saturated carbocycles. The van der Waals surface area contributed by atoms with Crippen LogP contribution in [0.15, 0.2) is 72.5 Å². The van der Waals surface area contributed by atoms with Gasteiger partial charge in [0.15, 0.2) is 5.71 Å². The normalized spacial score (nSPS) is 17.0. The summed E-state index contributed by atoms with van der Waals surface area (Å²) in [6.45, 7) is 9.83. The number of aliphatic hydroxyl groups is 1. The van der Waals surface area contributed by atoms with Crippen LogP contribution in [0.2, 0.25) is 0 Å². The van der Waals surface area contributed by atoms with Crippen molar-refractivity contribution in [3.05, 3.63) is 83.6 Å². The molecule has 2 aliphatic rings. The van der Waals surface area contributed by atoms with Gasteiger partial charge in [0, 0.05) is 85.0 Å². The Morgan fingerprint density at radius 1 is 0.706 bits per heavy atom. The van der Waals surface area contributed by atoms with Crippen molar-refractivity contribution < 1.29 is 100 Å². The van der Waals surface area contributed by atoms with E-state index < -0.39 is 66.1 Å². The Morgan fingerprint density at radius 2 is 1.22 bits per heavy atom. The molecule has 0 fully saturated rings. The van der Waals surface area contributed by atoms with Gasteiger partial charge in [0.2, 0.25) is 5.69 Å². The molecule has 0 spiro atoms. The van der Waals surface area contributed by atoms with Crippen molar-refractivity contribution >= 4 is 76.9 Å². The number of nitrogens with zero attached hydrogens (tertiary/aromatic N) is 2. The number of nitrogens with one attached hydrogen (secondary N) is 2. The molecular formula is C56H82F6N4O15P2S2. The third kappa shape index (κ3) is 22.9. The highest BCUT2D eigenvalue weighted by molar-refractivity contribution is 7.94. The fourth-order valence-corrected chi connectivity index (χ4v) is 13.9. The highest BCUT2D eigenvalue weighted by Crippen LogP contribution is 2.53. The number of hydrogen-bond donors (Lipinski definition) is 4. The second kappa shape index (κ2) is 34.7. The highest BCUT2D eigenvalue weighted by atomic mass is 32.2. The standard InChI is InChI=1S/C56H82F6N4O15P2S2/c1-6-7-8-10-18-35-76-82(71,78-37-20-15-30-63-51(68)55(57,58)59)44-27-29-48-46(42-44)54(4,5)50(66(48)33-23-40-85(73,74)75)25-14-12-13-24-49-53(2,3)45-41-43(26-28-47(45)65(49)32-22-39-84-81-80-70)83(72,77-36-19-11-9-17-34-67)79-38-21-16-31-64-52(69)56(60,61)62/h12-14,24-29,41-42,67H,6-11,15-23,30-40H2,1-5H3,(H3-,63,64,68,69,70,73,74,75). The van der Waals surface area contributed by atoms with Crippen LogP contribution >= 0.6 is 27.2 Å². The van der Waals surface area contributed by atoms with Gasteiger partial charge in [-0.3, -0.25) is 28.3 Å². The van der Waals surface area contributed by atoms with Gasteiger partial charge in [0.1, 0.15) is 6.54 Å². The first-order valence-corrected chi connectivity index (χ1v) is 34.1. The van der Waals surface area contributed by atoms with Crippen LogP contribution in [0.3, 0.4) is 0 Å². The number of halogens is 6. The number of unbranched alkanes of at least 4 members (excludes halogenated alkanes) is 9. The lowest BCUT2D eigenvalue weighted by Gasteiger charge is -2.27. The number of amides is 2. The van der Waals surface area contributed by atoms with Crippen molar-refractivity contribution in [2.45, 2.75) is 154 Å². The smallest absolute Gasteiger partial charge is 0.471 e. The SMILES string of the molecule is CCCCCCCOP(=O)(OCCCCNC(=O)C(F)(F)F)c1ccc2c(c1)C(C)(C)/C(=C/C=C/C=C/C1=[N+](CCCSOO[O-])c3ccc(P(=O)(OCCCCCCO)OCCCCNC(=O)C(F)(F)F)cc3C1(C)C)N2CCCS(=O)(=O)O. The predicted octanol–water partition coefficient (Wildman–Crippen LogP) is 10.5. The van der Waals surface area contributed by atoms with Crippen LogP contribution in [0.1, 0.15) is 142 Å². The molecule has 2 atom stereocenters. The van der Waals surface area contributed by atoms with Crippen LogP contribution in [-0.2, 0) is 67.1 Å². The summed E-state index contributed by atoms with van der Waals surface area (Å²) in [5.74, 6) is -4.27. The first-order valence-electron chi connectivity index (χ1n) is 28.5. The number of rotatable bonds is 41. The highest BCUT2D eigenvalue weighted by Gasteiger charge is 2.46. The van der Waals surface area contributed by atoms with Crippen molar-refractivity contribution in [1.82, 2.24) is 10.6 Å². The molecule has 29 heteroatoms. The first-order chi connectivity index (χ1) is 40.1. The van der Waals surface area contributed by atoms with Crippen molar-refractivity contribution in [2.75, 3.05) is 75.6 Å². The van der Waals surface area contributed by atoms with Crippen molar-refractivity contribution in [1.29, 1.82) is 0 Å². The van der Waals surface area contributed by atoms with Gasteiger partial charge in [-0.15, -0.1) is 0 Å². The van der Waals surface area contributed by atoms with Gasteiger partial charge < -0.3 is 44.0 Å². The van der Waals surface area contributed by atoms with E-state index in [9.17, 15) is 68.4 Å². The fraction of sp³-hybridized carbons (Fsp3) is 0.625. The largest absolute Gasteiger partial charge is 0.691 e. The van der Waals surface area contributed by atoms with Gasteiger partial charge in [-0.2, -0.15) is 43.7 Å². The molecule has 0 saturated heterocycles. The third-order valence-electron chi connectivity index (χ3n) is 14.2. The maximum atomic E-state index is 14.8. The lowest BCUT2D eigenvalue weighted by molar-refractivity contribution is -0.777. The van der Waals surface area contributed by atoms with Gasteiger partial charge in [-0.05, 0) is 107 Å². The summed E-state index contributed by atoms with van der Waals surface area (Å²) in [5.41, 5.74) is 2.87. The summed E-state index contributed by atoms with van der Waals surface area (Å²) in [7, 11) is -12.5. The van der Waals surface area contributed by atoms with E-state index in [2.05, 4.69) is 20.9 Å². The van der Waals surface area contributed by atoms with Crippen LogP contribution < -0.4 is 31.4 Å². The summed E-state index contributed by atoms with van der Waals surface area (Å²) >= 11 is 0.836. The zero-order chi connectivity index (χ0) is 63.0. The van der Waals surface area contributed by atoms with E-state index in [1.54, 1.807) is 48.6 Å². The van der Waals surface area contributed by atoms with E-state index >= 15 is 0 Å². The van der Waals surface area contributed by atoms with Gasteiger partial charge >= 0.3 is 39.4 Å². The minimum absolute atomic E-state index is 0.0251. The van der Waals surface area contributed by atoms with Crippen LogP contribution in [0.25, 0.3) is 0 Å². The Hall–Kier alpha value is -3.95. The van der Waals surface area contributed by atoms with Crippen molar-refractivity contribution in [3.8, 4) is 0 Å². The van der Waals surface area contributed by atoms with E-state index in [1.165, 1.54) is 0 Å². The average Bonchev–Trinajstić information content (AvgIpc) is 2.40.